The van der Waals surface area contributed by atoms with Gasteiger partial charge in [-0.15, -0.1) is 0 Å². The fourth-order valence-electron chi connectivity index (χ4n) is 3.71. The fraction of sp³-hybridized carbons (Fsp3) is 0.389. The van der Waals surface area contributed by atoms with Crippen molar-refractivity contribution >= 4 is 5.91 Å². The Labute approximate surface area is 130 Å². The number of furan rings is 1. The zero-order valence-corrected chi connectivity index (χ0v) is 12.6. The normalized spacial score (nSPS) is 21.8. The first-order chi connectivity index (χ1) is 10.8. The van der Waals surface area contributed by atoms with Crippen LogP contribution in [0.1, 0.15) is 34.1 Å². The number of benzene rings is 1. The summed E-state index contributed by atoms with van der Waals surface area (Å²) in [5.41, 5.74) is 2.97. The van der Waals surface area contributed by atoms with E-state index in [4.69, 9.17) is 4.42 Å². The predicted molar refractivity (Wildman–Crippen MR) is 83.7 cm³/mol. The minimum absolute atomic E-state index is 0.0106. The van der Waals surface area contributed by atoms with Crippen molar-refractivity contribution in [1.82, 2.24) is 9.80 Å². The molecule has 2 heterocycles. The molecule has 1 aromatic heterocycles. The van der Waals surface area contributed by atoms with Crippen LogP contribution >= 0.6 is 0 Å². The number of fused-ring (bicyclic) bond motifs is 1. The lowest BCUT2D eigenvalue weighted by atomic mass is 10.1. The average Bonchev–Trinajstić information content (AvgIpc) is 3.24. The van der Waals surface area contributed by atoms with E-state index in [1.807, 2.05) is 4.90 Å². The molecule has 1 aliphatic heterocycles. The van der Waals surface area contributed by atoms with Crippen molar-refractivity contribution in [3.8, 4) is 0 Å². The number of carbonyl (C=O) groups excluding carboxylic acids is 1. The highest BCUT2D eigenvalue weighted by Crippen LogP contribution is 2.35. The number of hydrogen-bond donors (Lipinski definition) is 0. The number of amides is 1. The van der Waals surface area contributed by atoms with Crippen molar-refractivity contribution in [2.45, 2.75) is 18.9 Å². The highest BCUT2D eigenvalue weighted by Gasteiger charge is 2.31. The van der Waals surface area contributed by atoms with Gasteiger partial charge in [-0.2, -0.15) is 0 Å². The van der Waals surface area contributed by atoms with Crippen LogP contribution in [0.5, 0.6) is 0 Å². The first kappa shape index (κ1) is 13.6. The molecular weight excluding hydrogens is 276 g/mol. The summed E-state index contributed by atoms with van der Waals surface area (Å²) < 4.78 is 5.22. The summed E-state index contributed by atoms with van der Waals surface area (Å²) in [6.45, 7) is 3.42. The Bertz CT molecular complexity index is 657. The van der Waals surface area contributed by atoms with Crippen LogP contribution in [0.2, 0.25) is 0 Å². The van der Waals surface area contributed by atoms with Gasteiger partial charge in [0.2, 0.25) is 0 Å². The van der Waals surface area contributed by atoms with E-state index in [2.05, 4.69) is 29.2 Å². The molecule has 4 nitrogen and oxygen atoms in total. The summed E-state index contributed by atoms with van der Waals surface area (Å²) in [7, 11) is 0. The molecule has 0 spiro atoms. The molecule has 1 atom stereocenters. The van der Waals surface area contributed by atoms with Gasteiger partial charge in [-0.25, -0.2) is 0 Å². The van der Waals surface area contributed by atoms with E-state index in [1.54, 1.807) is 18.4 Å². The van der Waals surface area contributed by atoms with Gasteiger partial charge >= 0.3 is 0 Å². The third-order valence-electron chi connectivity index (χ3n) is 4.88. The molecule has 4 rings (SSSR count). The summed E-state index contributed by atoms with van der Waals surface area (Å²) in [6.07, 6.45) is 3.93. The Hall–Kier alpha value is -2.07. The lowest BCUT2D eigenvalue weighted by Crippen LogP contribution is -2.49. The SMILES string of the molecule is O=C(c1ccco1)N1CCN(C2CCc3ccccc32)CC1. The molecule has 1 aliphatic carbocycles. The van der Waals surface area contributed by atoms with E-state index in [-0.39, 0.29) is 5.91 Å². The standard InChI is InChI=1S/C18H20N2O2/c21-18(17-6-3-13-22-17)20-11-9-19(10-12-20)16-8-7-14-4-1-2-5-15(14)16/h1-6,13,16H,7-12H2. The molecule has 1 saturated heterocycles. The molecule has 0 bridgehead atoms. The van der Waals surface area contributed by atoms with Crippen LogP contribution in [0.4, 0.5) is 0 Å². The summed E-state index contributed by atoms with van der Waals surface area (Å²) in [5.74, 6) is 0.455. The van der Waals surface area contributed by atoms with Gasteiger partial charge in [0.05, 0.1) is 6.26 Å². The van der Waals surface area contributed by atoms with Crippen LogP contribution in [0, 0.1) is 0 Å². The maximum atomic E-state index is 12.3. The van der Waals surface area contributed by atoms with Crippen LogP contribution in [0.3, 0.4) is 0 Å². The minimum atomic E-state index is 0.0106. The molecule has 114 valence electrons. The van der Waals surface area contributed by atoms with E-state index in [0.717, 1.165) is 26.2 Å². The molecular formula is C18H20N2O2. The van der Waals surface area contributed by atoms with Crippen LogP contribution in [-0.4, -0.2) is 41.9 Å². The van der Waals surface area contributed by atoms with Crippen LogP contribution in [0.25, 0.3) is 0 Å². The van der Waals surface area contributed by atoms with Gasteiger partial charge in [0.25, 0.3) is 5.91 Å². The maximum Gasteiger partial charge on any atom is 0.289 e. The Kier molecular flexibility index (Phi) is 3.47. The molecule has 22 heavy (non-hydrogen) atoms. The first-order valence-electron chi connectivity index (χ1n) is 7.97. The minimum Gasteiger partial charge on any atom is -0.459 e. The quantitative estimate of drug-likeness (QED) is 0.855. The van der Waals surface area contributed by atoms with Gasteiger partial charge in [-0.05, 0) is 36.1 Å². The van der Waals surface area contributed by atoms with Gasteiger partial charge in [0.15, 0.2) is 5.76 Å². The first-order valence-corrected chi connectivity index (χ1v) is 7.97. The summed E-state index contributed by atoms with van der Waals surface area (Å²) in [5, 5.41) is 0. The third kappa shape index (κ3) is 2.33. The lowest BCUT2D eigenvalue weighted by Gasteiger charge is -2.38. The number of piperazine rings is 1. The molecule has 2 aliphatic rings. The van der Waals surface area contributed by atoms with E-state index in [0.29, 0.717) is 11.8 Å². The van der Waals surface area contributed by atoms with Crippen molar-refractivity contribution in [2.24, 2.45) is 0 Å². The third-order valence-corrected chi connectivity index (χ3v) is 4.88. The molecule has 1 amide bonds. The van der Waals surface area contributed by atoms with E-state index >= 15 is 0 Å². The van der Waals surface area contributed by atoms with Crippen molar-refractivity contribution in [2.75, 3.05) is 26.2 Å². The van der Waals surface area contributed by atoms with Crippen LogP contribution in [0.15, 0.2) is 47.1 Å². The molecule has 2 aromatic rings. The number of rotatable bonds is 2. The highest BCUT2D eigenvalue weighted by atomic mass is 16.3. The van der Waals surface area contributed by atoms with Crippen molar-refractivity contribution < 1.29 is 9.21 Å². The second-order valence-electron chi connectivity index (χ2n) is 6.06. The van der Waals surface area contributed by atoms with Crippen molar-refractivity contribution in [3.63, 3.8) is 0 Å². The smallest absolute Gasteiger partial charge is 0.289 e. The van der Waals surface area contributed by atoms with E-state index in [1.165, 1.54) is 24.0 Å². The second-order valence-corrected chi connectivity index (χ2v) is 6.06. The lowest BCUT2D eigenvalue weighted by molar-refractivity contribution is 0.0539. The zero-order chi connectivity index (χ0) is 14.9. The highest BCUT2D eigenvalue weighted by molar-refractivity contribution is 5.91. The maximum absolute atomic E-state index is 12.3. The van der Waals surface area contributed by atoms with E-state index < -0.39 is 0 Å². The second kappa shape index (κ2) is 5.61. The fourth-order valence-corrected chi connectivity index (χ4v) is 3.71. The molecule has 0 saturated carbocycles. The predicted octanol–water partition coefficient (Wildman–Crippen LogP) is 2.72. The number of nitrogens with zero attached hydrogens (tertiary/aromatic N) is 2. The van der Waals surface area contributed by atoms with Gasteiger partial charge in [-0.3, -0.25) is 9.69 Å². The van der Waals surface area contributed by atoms with Gasteiger partial charge in [0.1, 0.15) is 0 Å². The number of hydrogen-bond acceptors (Lipinski definition) is 3. The van der Waals surface area contributed by atoms with Crippen molar-refractivity contribution in [3.05, 3.63) is 59.5 Å². The Morgan fingerprint density at radius 1 is 1.05 bits per heavy atom. The molecule has 1 aromatic carbocycles. The molecule has 0 N–H and O–H groups in total. The molecule has 4 heteroatoms. The van der Waals surface area contributed by atoms with Crippen LogP contribution in [-0.2, 0) is 6.42 Å². The molecule has 1 fully saturated rings. The van der Waals surface area contributed by atoms with E-state index in [9.17, 15) is 4.79 Å². The summed E-state index contributed by atoms with van der Waals surface area (Å²) in [6, 6.07) is 12.8. The largest absolute Gasteiger partial charge is 0.459 e. The van der Waals surface area contributed by atoms with Crippen LogP contribution < -0.4 is 0 Å². The molecule has 0 radical (unpaired) electrons. The monoisotopic (exact) mass is 296 g/mol. The molecule has 1 unspecified atom stereocenters. The number of carbonyl (C=O) groups is 1. The topological polar surface area (TPSA) is 36.7 Å². The van der Waals surface area contributed by atoms with Gasteiger partial charge in [-0.1, -0.05) is 24.3 Å². The number of aryl methyl sites for hydroxylation is 1. The Morgan fingerprint density at radius 2 is 1.86 bits per heavy atom. The Morgan fingerprint density at radius 3 is 2.64 bits per heavy atom. The van der Waals surface area contributed by atoms with Crippen molar-refractivity contribution in [1.29, 1.82) is 0 Å². The average molecular weight is 296 g/mol. The summed E-state index contributed by atoms with van der Waals surface area (Å²) in [4.78, 5) is 16.7. The van der Waals surface area contributed by atoms with Gasteiger partial charge in [0, 0.05) is 32.2 Å². The summed E-state index contributed by atoms with van der Waals surface area (Å²) >= 11 is 0. The Balaban J connectivity index is 1.42. The van der Waals surface area contributed by atoms with Gasteiger partial charge < -0.3 is 9.32 Å². The zero-order valence-electron chi connectivity index (χ0n) is 12.6.